The Morgan fingerprint density at radius 3 is 2.27 bits per heavy atom. The SMILES string of the molecule is CC1CCN(c2ccc(C(=O)Oc3cc(F)c(C#N)c(F)c3)cc2)CC1. The molecule has 2 aromatic carbocycles. The van der Waals surface area contributed by atoms with Crippen LogP contribution in [0.2, 0.25) is 0 Å². The number of piperidine rings is 1. The van der Waals surface area contributed by atoms with Gasteiger partial charge in [0.1, 0.15) is 29.0 Å². The number of rotatable bonds is 3. The second-order valence-corrected chi connectivity index (χ2v) is 6.48. The highest BCUT2D eigenvalue weighted by Crippen LogP contribution is 2.24. The molecule has 0 amide bonds. The van der Waals surface area contributed by atoms with Crippen molar-refractivity contribution in [2.24, 2.45) is 5.92 Å². The van der Waals surface area contributed by atoms with Crippen molar-refractivity contribution >= 4 is 11.7 Å². The number of esters is 1. The summed E-state index contributed by atoms with van der Waals surface area (Å²) in [6.45, 7) is 4.20. The summed E-state index contributed by atoms with van der Waals surface area (Å²) in [5.41, 5.74) is 0.609. The highest BCUT2D eigenvalue weighted by Gasteiger charge is 2.18. The van der Waals surface area contributed by atoms with Gasteiger partial charge in [-0.2, -0.15) is 5.26 Å². The van der Waals surface area contributed by atoms with E-state index in [2.05, 4.69) is 11.8 Å². The Balaban J connectivity index is 1.70. The van der Waals surface area contributed by atoms with Crippen molar-refractivity contribution in [3.8, 4) is 11.8 Å². The van der Waals surface area contributed by atoms with Crippen LogP contribution in [-0.4, -0.2) is 19.1 Å². The predicted molar refractivity (Wildman–Crippen MR) is 93.1 cm³/mol. The van der Waals surface area contributed by atoms with Crippen molar-refractivity contribution in [3.05, 3.63) is 59.2 Å². The van der Waals surface area contributed by atoms with Crippen LogP contribution in [0.1, 0.15) is 35.7 Å². The van der Waals surface area contributed by atoms with Crippen LogP contribution in [0.5, 0.6) is 5.75 Å². The molecule has 3 rings (SSSR count). The minimum absolute atomic E-state index is 0.280. The largest absolute Gasteiger partial charge is 0.423 e. The lowest BCUT2D eigenvalue weighted by molar-refractivity contribution is 0.0734. The van der Waals surface area contributed by atoms with Crippen molar-refractivity contribution in [1.29, 1.82) is 5.26 Å². The lowest BCUT2D eigenvalue weighted by atomic mass is 9.99. The van der Waals surface area contributed by atoms with Gasteiger partial charge in [0.05, 0.1) is 5.56 Å². The molecule has 0 radical (unpaired) electrons. The molecule has 0 bridgehead atoms. The Labute approximate surface area is 150 Å². The summed E-state index contributed by atoms with van der Waals surface area (Å²) in [5, 5.41) is 8.66. The monoisotopic (exact) mass is 356 g/mol. The van der Waals surface area contributed by atoms with E-state index in [1.54, 1.807) is 12.1 Å². The molecule has 0 saturated carbocycles. The van der Waals surface area contributed by atoms with E-state index in [1.807, 2.05) is 12.1 Å². The number of hydrogen-bond acceptors (Lipinski definition) is 4. The van der Waals surface area contributed by atoms with Crippen LogP contribution in [0.4, 0.5) is 14.5 Å². The van der Waals surface area contributed by atoms with Gasteiger partial charge in [0, 0.05) is 30.9 Å². The zero-order valence-corrected chi connectivity index (χ0v) is 14.3. The Morgan fingerprint density at radius 1 is 1.15 bits per heavy atom. The van der Waals surface area contributed by atoms with Crippen LogP contribution in [0.15, 0.2) is 36.4 Å². The standard InChI is InChI=1S/C20H18F2N2O2/c1-13-6-8-24(9-7-13)15-4-2-14(3-5-15)20(25)26-16-10-18(21)17(12-23)19(22)11-16/h2-5,10-11,13H,6-9H2,1H3. The lowest BCUT2D eigenvalue weighted by Crippen LogP contribution is -2.32. The third kappa shape index (κ3) is 3.83. The second kappa shape index (κ2) is 7.52. The van der Waals surface area contributed by atoms with E-state index in [0.29, 0.717) is 0 Å². The molecule has 6 heteroatoms. The molecule has 0 unspecified atom stereocenters. The first-order chi connectivity index (χ1) is 12.5. The van der Waals surface area contributed by atoms with Gasteiger partial charge in [-0.1, -0.05) is 6.92 Å². The van der Waals surface area contributed by atoms with Crippen LogP contribution >= 0.6 is 0 Å². The molecule has 0 N–H and O–H groups in total. The van der Waals surface area contributed by atoms with Crippen LogP contribution in [-0.2, 0) is 0 Å². The first-order valence-electron chi connectivity index (χ1n) is 8.44. The van der Waals surface area contributed by atoms with Crippen LogP contribution < -0.4 is 9.64 Å². The maximum atomic E-state index is 13.6. The second-order valence-electron chi connectivity index (χ2n) is 6.48. The molecular weight excluding hydrogens is 338 g/mol. The van der Waals surface area contributed by atoms with Crippen LogP contribution in [0, 0.1) is 28.9 Å². The van der Waals surface area contributed by atoms with Gasteiger partial charge < -0.3 is 9.64 Å². The molecule has 0 spiro atoms. The first kappa shape index (κ1) is 17.9. The summed E-state index contributed by atoms with van der Waals surface area (Å²) in [6, 6.07) is 10.0. The molecule has 2 aromatic rings. The Morgan fingerprint density at radius 2 is 1.73 bits per heavy atom. The molecule has 4 nitrogen and oxygen atoms in total. The van der Waals surface area contributed by atoms with Gasteiger partial charge in [-0.15, -0.1) is 0 Å². The Kier molecular flexibility index (Phi) is 5.17. The molecule has 1 heterocycles. The summed E-state index contributed by atoms with van der Waals surface area (Å²) in [4.78, 5) is 14.4. The smallest absolute Gasteiger partial charge is 0.343 e. The van der Waals surface area contributed by atoms with Gasteiger partial charge in [0.2, 0.25) is 0 Å². The van der Waals surface area contributed by atoms with Crippen molar-refractivity contribution in [2.75, 3.05) is 18.0 Å². The summed E-state index contributed by atoms with van der Waals surface area (Å²) >= 11 is 0. The fourth-order valence-electron chi connectivity index (χ4n) is 2.96. The number of carbonyl (C=O) groups excluding carboxylic acids is 1. The van der Waals surface area contributed by atoms with E-state index in [1.165, 1.54) is 6.07 Å². The van der Waals surface area contributed by atoms with E-state index in [4.69, 9.17) is 10.00 Å². The average molecular weight is 356 g/mol. The molecular formula is C20H18F2N2O2. The van der Waals surface area contributed by atoms with Crippen molar-refractivity contribution in [2.45, 2.75) is 19.8 Å². The molecule has 0 aliphatic carbocycles. The summed E-state index contributed by atoms with van der Waals surface area (Å²) in [6.07, 6.45) is 2.28. The molecule has 1 aliphatic heterocycles. The van der Waals surface area contributed by atoms with Gasteiger partial charge in [-0.05, 0) is 43.0 Å². The van der Waals surface area contributed by atoms with Crippen molar-refractivity contribution in [1.82, 2.24) is 0 Å². The highest BCUT2D eigenvalue weighted by atomic mass is 19.1. The Bertz CT molecular complexity index is 828. The van der Waals surface area contributed by atoms with E-state index in [9.17, 15) is 13.6 Å². The number of nitriles is 1. The van der Waals surface area contributed by atoms with Crippen LogP contribution in [0.3, 0.4) is 0 Å². The number of hydrogen-bond donors (Lipinski definition) is 0. The molecule has 1 fully saturated rings. The minimum atomic E-state index is -1.06. The average Bonchev–Trinajstić information content (AvgIpc) is 2.62. The third-order valence-electron chi connectivity index (χ3n) is 4.59. The number of nitrogens with zero attached hydrogens (tertiary/aromatic N) is 2. The number of benzene rings is 2. The minimum Gasteiger partial charge on any atom is -0.423 e. The van der Waals surface area contributed by atoms with E-state index < -0.39 is 23.2 Å². The molecule has 0 atom stereocenters. The number of anilines is 1. The number of carbonyl (C=O) groups is 1. The third-order valence-corrected chi connectivity index (χ3v) is 4.59. The van der Waals surface area contributed by atoms with Crippen molar-refractivity contribution in [3.63, 3.8) is 0 Å². The predicted octanol–water partition coefficient (Wildman–Crippen LogP) is 4.29. The molecule has 26 heavy (non-hydrogen) atoms. The fourth-order valence-corrected chi connectivity index (χ4v) is 2.96. The van der Waals surface area contributed by atoms with Gasteiger partial charge in [0.25, 0.3) is 0 Å². The van der Waals surface area contributed by atoms with Gasteiger partial charge >= 0.3 is 5.97 Å². The zero-order valence-electron chi connectivity index (χ0n) is 14.3. The summed E-state index contributed by atoms with van der Waals surface area (Å²) in [5.74, 6) is -2.39. The van der Waals surface area contributed by atoms with Gasteiger partial charge in [0.15, 0.2) is 0 Å². The fraction of sp³-hybridized carbons (Fsp3) is 0.300. The summed E-state index contributed by atoms with van der Waals surface area (Å²) < 4.78 is 32.2. The Hall–Kier alpha value is -2.94. The van der Waals surface area contributed by atoms with Crippen molar-refractivity contribution < 1.29 is 18.3 Å². The van der Waals surface area contributed by atoms with E-state index >= 15 is 0 Å². The normalized spacial score (nSPS) is 14.8. The van der Waals surface area contributed by atoms with Crippen LogP contribution in [0.25, 0.3) is 0 Å². The molecule has 1 aliphatic rings. The maximum Gasteiger partial charge on any atom is 0.343 e. The van der Waals surface area contributed by atoms with Gasteiger partial charge in [-0.25, -0.2) is 13.6 Å². The lowest BCUT2D eigenvalue weighted by Gasteiger charge is -2.32. The summed E-state index contributed by atoms with van der Waals surface area (Å²) in [7, 11) is 0. The van der Waals surface area contributed by atoms with E-state index in [-0.39, 0.29) is 11.3 Å². The quantitative estimate of drug-likeness (QED) is 0.608. The molecule has 0 aromatic heterocycles. The first-order valence-corrected chi connectivity index (χ1v) is 8.44. The van der Waals surface area contributed by atoms with Gasteiger partial charge in [-0.3, -0.25) is 0 Å². The molecule has 134 valence electrons. The highest BCUT2D eigenvalue weighted by molar-refractivity contribution is 5.91. The number of halogens is 2. The van der Waals surface area contributed by atoms with E-state index in [0.717, 1.165) is 49.7 Å². The topological polar surface area (TPSA) is 53.3 Å². The molecule has 1 saturated heterocycles. The maximum absolute atomic E-state index is 13.6. The number of ether oxygens (including phenoxy) is 1. The zero-order chi connectivity index (χ0) is 18.7.